The molecule has 0 amide bonds. The van der Waals surface area contributed by atoms with Gasteiger partial charge in [-0.1, -0.05) is 60.7 Å². The van der Waals surface area contributed by atoms with Crippen molar-refractivity contribution in [1.29, 1.82) is 0 Å². The molecule has 0 spiro atoms. The smallest absolute Gasteiger partial charge is 0.448 e. The highest BCUT2D eigenvalue weighted by molar-refractivity contribution is 5.84. The summed E-state index contributed by atoms with van der Waals surface area (Å²) in [7, 11) is 0. The van der Waals surface area contributed by atoms with Crippen LogP contribution in [0.2, 0.25) is 0 Å². The highest BCUT2D eigenvalue weighted by Gasteiger charge is 2.51. The van der Waals surface area contributed by atoms with Gasteiger partial charge in [0.2, 0.25) is 5.95 Å². The molecular formula is C35H34F3N7O5. The number of halogens is 3. The molecule has 3 N–H and O–H groups in total. The van der Waals surface area contributed by atoms with Gasteiger partial charge in [0.25, 0.3) is 0 Å². The molecule has 0 bridgehead atoms. The molecule has 0 radical (unpaired) electrons. The van der Waals surface area contributed by atoms with Crippen LogP contribution in [-0.2, 0) is 14.3 Å². The second-order valence-corrected chi connectivity index (χ2v) is 12.3. The van der Waals surface area contributed by atoms with E-state index in [4.69, 9.17) is 19.4 Å². The van der Waals surface area contributed by atoms with Crippen LogP contribution in [0.5, 0.6) is 0 Å². The number of alkyl halides is 3. The van der Waals surface area contributed by atoms with Crippen molar-refractivity contribution < 1.29 is 37.7 Å². The van der Waals surface area contributed by atoms with Crippen LogP contribution in [0.4, 0.5) is 24.9 Å². The van der Waals surface area contributed by atoms with Crippen LogP contribution >= 0.6 is 0 Å². The number of fused-ring (bicyclic) bond motifs is 1. The molecule has 0 saturated carbocycles. The second-order valence-electron chi connectivity index (χ2n) is 12.3. The predicted molar refractivity (Wildman–Crippen MR) is 175 cm³/mol. The fourth-order valence-electron chi connectivity index (χ4n) is 6.61. The molecule has 5 atom stereocenters. The third-order valence-corrected chi connectivity index (χ3v) is 9.18. The molecule has 5 heterocycles. The molecular weight excluding hydrogens is 655 g/mol. The monoisotopic (exact) mass is 689 g/mol. The summed E-state index contributed by atoms with van der Waals surface area (Å²) in [6.45, 7) is 0.891. The van der Waals surface area contributed by atoms with Crippen LogP contribution in [-0.4, -0.2) is 91.4 Å². The van der Waals surface area contributed by atoms with Crippen LogP contribution in [0.15, 0.2) is 91.5 Å². The summed E-state index contributed by atoms with van der Waals surface area (Å²) in [4.78, 5) is 32.3. The first kappa shape index (κ1) is 33.4. The Morgan fingerprint density at radius 2 is 1.70 bits per heavy atom. The van der Waals surface area contributed by atoms with Gasteiger partial charge in [0.15, 0.2) is 29.3 Å². The fourth-order valence-corrected chi connectivity index (χ4v) is 6.61. The lowest BCUT2D eigenvalue weighted by atomic mass is 9.91. The number of hydrogen-bond acceptors (Lipinski definition) is 11. The lowest BCUT2D eigenvalue weighted by Gasteiger charge is -2.23. The number of imidazole rings is 1. The standard InChI is InChI=1S/C35H34F3N7O5/c36-35(37,38)33(48)50-29-28(47)26(19-46)49-32(29)45-20-41-27-30(40-17-25(22-7-3-1-4-8-22)23-9-5-2-6-10-23)42-34(43-31(27)45)44-16-13-24(18-44)21-11-14-39-15-12-21/h1-12,14-15,20,24-26,28-29,32,46-47H,13,16-19H2,(H,40,42,43)/t24?,26-,28-,29-,32-/m1/s1. The largest absolute Gasteiger partial charge is 0.490 e. The zero-order valence-electron chi connectivity index (χ0n) is 26.6. The number of rotatable bonds is 10. The minimum absolute atomic E-state index is 0.0828. The van der Waals surface area contributed by atoms with Gasteiger partial charge in [0, 0.05) is 43.9 Å². The molecule has 2 aliphatic rings. The van der Waals surface area contributed by atoms with Gasteiger partial charge in [-0.2, -0.15) is 23.1 Å². The molecule has 260 valence electrons. The van der Waals surface area contributed by atoms with E-state index in [1.165, 1.54) is 10.9 Å². The average Bonchev–Trinajstić information content (AvgIpc) is 3.87. The molecule has 5 aromatic rings. The molecule has 2 aliphatic heterocycles. The Hall–Kier alpha value is -5.12. The molecule has 1 unspecified atom stereocenters. The first-order chi connectivity index (χ1) is 24.2. The average molecular weight is 690 g/mol. The normalized spacial score (nSPS) is 22.4. The molecule has 2 fully saturated rings. The summed E-state index contributed by atoms with van der Waals surface area (Å²) in [5, 5.41) is 24.0. The van der Waals surface area contributed by atoms with E-state index in [0.29, 0.717) is 31.4 Å². The van der Waals surface area contributed by atoms with Crippen LogP contribution < -0.4 is 10.2 Å². The summed E-state index contributed by atoms with van der Waals surface area (Å²) in [5.41, 5.74) is 3.72. The van der Waals surface area contributed by atoms with E-state index >= 15 is 0 Å². The lowest BCUT2D eigenvalue weighted by molar-refractivity contribution is -0.211. The highest BCUT2D eigenvalue weighted by Crippen LogP contribution is 2.37. The van der Waals surface area contributed by atoms with Crippen LogP contribution in [0.1, 0.15) is 41.2 Å². The maximum absolute atomic E-state index is 13.3. The summed E-state index contributed by atoms with van der Waals surface area (Å²) in [6.07, 6.45) is -6.12. The Morgan fingerprint density at radius 1 is 1.02 bits per heavy atom. The van der Waals surface area contributed by atoms with Crippen molar-refractivity contribution in [2.45, 2.75) is 49.0 Å². The Balaban J connectivity index is 1.28. The maximum Gasteiger partial charge on any atom is 0.490 e. The van der Waals surface area contributed by atoms with Crippen LogP contribution in [0, 0.1) is 0 Å². The van der Waals surface area contributed by atoms with Gasteiger partial charge in [-0.25, -0.2) is 9.78 Å². The van der Waals surface area contributed by atoms with Gasteiger partial charge in [0.05, 0.1) is 12.9 Å². The second kappa shape index (κ2) is 14.0. The summed E-state index contributed by atoms with van der Waals surface area (Å²) in [5.74, 6) is -1.68. The Bertz CT molecular complexity index is 1880. The minimum Gasteiger partial charge on any atom is -0.448 e. The SMILES string of the molecule is O=C(O[C@@H]1[C@H](O)[C@@H](CO)O[C@H]1n1cnc2c(NCC(c3ccccc3)c3ccccc3)nc(N3CCC(c4ccncc4)C3)nc21)C(F)(F)F. The first-order valence-electron chi connectivity index (χ1n) is 16.2. The summed E-state index contributed by atoms with van der Waals surface area (Å²) in [6, 6.07) is 23.9. The number of carbonyl (C=O) groups excluding carboxylic acids is 1. The van der Waals surface area contributed by atoms with E-state index in [2.05, 4.69) is 15.3 Å². The van der Waals surface area contributed by atoms with Crippen LogP contribution in [0.3, 0.4) is 0 Å². The van der Waals surface area contributed by atoms with Crippen molar-refractivity contribution in [3.63, 3.8) is 0 Å². The van der Waals surface area contributed by atoms with Crippen molar-refractivity contribution in [2.75, 3.05) is 36.5 Å². The van der Waals surface area contributed by atoms with E-state index in [-0.39, 0.29) is 23.0 Å². The number of ether oxygens (including phenoxy) is 2. The number of pyridine rings is 1. The molecule has 2 saturated heterocycles. The first-order valence-corrected chi connectivity index (χ1v) is 16.2. The Labute approximate surface area is 284 Å². The molecule has 12 nitrogen and oxygen atoms in total. The van der Waals surface area contributed by atoms with Crippen LogP contribution in [0.25, 0.3) is 11.2 Å². The van der Waals surface area contributed by atoms with Crippen molar-refractivity contribution in [2.24, 2.45) is 0 Å². The third kappa shape index (κ3) is 6.71. The number of nitrogens with zero attached hydrogens (tertiary/aromatic N) is 6. The number of aliphatic hydroxyl groups is 2. The number of carbonyl (C=O) groups is 1. The third-order valence-electron chi connectivity index (χ3n) is 9.18. The zero-order chi connectivity index (χ0) is 34.8. The van der Waals surface area contributed by atoms with Crippen molar-refractivity contribution in [3.8, 4) is 0 Å². The predicted octanol–water partition coefficient (Wildman–Crippen LogP) is 4.18. The number of nitrogens with one attached hydrogen (secondary N) is 1. The maximum atomic E-state index is 13.3. The number of anilines is 2. The molecule has 3 aromatic heterocycles. The molecule has 2 aromatic carbocycles. The fraction of sp³-hybridized carbons (Fsp3) is 0.343. The highest BCUT2D eigenvalue weighted by atomic mass is 19.4. The van der Waals surface area contributed by atoms with Gasteiger partial charge in [-0.05, 0) is 35.2 Å². The Morgan fingerprint density at radius 3 is 2.34 bits per heavy atom. The van der Waals surface area contributed by atoms with E-state index in [1.807, 2.05) is 77.7 Å². The van der Waals surface area contributed by atoms with E-state index in [1.54, 1.807) is 12.4 Å². The topological polar surface area (TPSA) is 148 Å². The number of benzene rings is 2. The quantitative estimate of drug-likeness (QED) is 0.182. The van der Waals surface area contributed by atoms with E-state index in [9.17, 15) is 28.2 Å². The Kier molecular flexibility index (Phi) is 9.35. The summed E-state index contributed by atoms with van der Waals surface area (Å²) >= 11 is 0. The number of hydrogen-bond donors (Lipinski definition) is 3. The number of esters is 1. The number of aliphatic hydroxyl groups excluding tert-OH is 2. The van der Waals surface area contributed by atoms with Crippen molar-refractivity contribution in [3.05, 3.63) is 108 Å². The van der Waals surface area contributed by atoms with Crippen molar-refractivity contribution >= 4 is 28.9 Å². The molecule has 15 heteroatoms. The van der Waals surface area contributed by atoms with Gasteiger partial charge < -0.3 is 29.9 Å². The minimum atomic E-state index is -5.32. The van der Waals surface area contributed by atoms with Gasteiger partial charge >= 0.3 is 12.1 Å². The molecule has 7 rings (SSSR count). The van der Waals surface area contributed by atoms with E-state index in [0.717, 1.165) is 23.1 Å². The molecule has 50 heavy (non-hydrogen) atoms. The van der Waals surface area contributed by atoms with E-state index < -0.39 is 43.3 Å². The van der Waals surface area contributed by atoms with Gasteiger partial charge in [-0.3, -0.25) is 9.55 Å². The van der Waals surface area contributed by atoms with Gasteiger partial charge in [-0.15, -0.1) is 0 Å². The van der Waals surface area contributed by atoms with Crippen molar-refractivity contribution in [1.82, 2.24) is 24.5 Å². The van der Waals surface area contributed by atoms with Gasteiger partial charge in [0.1, 0.15) is 12.2 Å². The zero-order valence-corrected chi connectivity index (χ0v) is 26.6. The number of aromatic nitrogens is 5. The summed E-state index contributed by atoms with van der Waals surface area (Å²) < 4.78 is 51.6. The lowest BCUT2D eigenvalue weighted by Crippen LogP contribution is -2.40. The molecule has 0 aliphatic carbocycles.